The maximum Gasteiger partial charge on any atom is 0.278 e. The van der Waals surface area contributed by atoms with Crippen LogP contribution in [0.1, 0.15) is 38.7 Å². The molecule has 31 heavy (non-hydrogen) atoms. The predicted molar refractivity (Wildman–Crippen MR) is 122 cm³/mol. The molecule has 0 aromatic heterocycles. The molecule has 0 aliphatic carbocycles. The van der Waals surface area contributed by atoms with E-state index in [-0.39, 0.29) is 11.8 Å². The van der Waals surface area contributed by atoms with Crippen LogP contribution in [0, 0.1) is 0 Å². The summed E-state index contributed by atoms with van der Waals surface area (Å²) in [5.41, 5.74) is 2.31. The smallest absolute Gasteiger partial charge is 0.278 e. The predicted octanol–water partition coefficient (Wildman–Crippen LogP) is 4.50. The molecule has 0 saturated carbocycles. The Morgan fingerprint density at radius 3 is 2.19 bits per heavy atom. The van der Waals surface area contributed by atoms with E-state index in [1.54, 1.807) is 32.4 Å². The first-order valence-electron chi connectivity index (χ1n) is 10.7. The van der Waals surface area contributed by atoms with Crippen molar-refractivity contribution in [1.82, 2.24) is 4.90 Å². The molecule has 0 saturated heterocycles. The molecule has 164 valence electrons. The zero-order valence-corrected chi connectivity index (χ0v) is 18.7. The second-order valence-corrected chi connectivity index (χ2v) is 7.34. The summed E-state index contributed by atoms with van der Waals surface area (Å²) < 4.78 is 10.8. The lowest BCUT2D eigenvalue weighted by Gasteiger charge is -2.25. The number of hydrogen-bond acceptors (Lipinski definition) is 5. The van der Waals surface area contributed by atoms with Crippen molar-refractivity contribution < 1.29 is 19.1 Å². The average molecular weight is 423 g/mol. The van der Waals surface area contributed by atoms with Gasteiger partial charge in [-0.25, -0.2) is 0 Å². The van der Waals surface area contributed by atoms with Crippen LogP contribution in [0.5, 0.6) is 11.5 Å². The minimum atomic E-state index is -0.266. The molecule has 1 heterocycles. The van der Waals surface area contributed by atoms with Gasteiger partial charge in [-0.1, -0.05) is 44.0 Å². The largest absolute Gasteiger partial charge is 0.493 e. The average Bonchev–Trinajstić information content (AvgIpc) is 3.05. The number of likely N-dealkylation sites (N-methyl/N-ethyl adjacent to an activating group) is 1. The fourth-order valence-electron chi connectivity index (χ4n) is 3.87. The topological polar surface area (TPSA) is 59.1 Å². The third-order valence-corrected chi connectivity index (χ3v) is 5.46. The molecule has 2 aromatic rings. The third-order valence-electron chi connectivity index (χ3n) is 5.46. The number of rotatable bonds is 10. The van der Waals surface area contributed by atoms with Crippen molar-refractivity contribution in [3.05, 3.63) is 59.8 Å². The van der Waals surface area contributed by atoms with Crippen LogP contribution in [0.4, 0.5) is 5.69 Å². The first-order chi connectivity index (χ1) is 15.1. The Morgan fingerprint density at radius 1 is 0.871 bits per heavy atom. The summed E-state index contributed by atoms with van der Waals surface area (Å²) >= 11 is 0. The van der Waals surface area contributed by atoms with E-state index in [0.717, 1.165) is 24.9 Å². The molecule has 0 N–H and O–H groups in total. The molecule has 2 aromatic carbocycles. The van der Waals surface area contributed by atoms with E-state index in [1.807, 2.05) is 42.2 Å². The Balaban J connectivity index is 2.14. The number of methoxy groups -OCH3 is 2. The van der Waals surface area contributed by atoms with Crippen molar-refractivity contribution in [1.29, 1.82) is 0 Å². The summed E-state index contributed by atoms with van der Waals surface area (Å²) in [4.78, 5) is 30.3. The molecule has 1 aliphatic rings. The minimum absolute atomic E-state index is 0.253. The van der Waals surface area contributed by atoms with E-state index >= 15 is 0 Å². The number of amides is 2. The Morgan fingerprint density at radius 2 is 1.58 bits per heavy atom. The molecular formula is C25H30N2O4. The number of para-hydroxylation sites is 1. The van der Waals surface area contributed by atoms with Crippen LogP contribution in [0.2, 0.25) is 0 Å². The molecule has 0 bridgehead atoms. The molecular weight excluding hydrogens is 392 g/mol. The van der Waals surface area contributed by atoms with E-state index < -0.39 is 0 Å². The van der Waals surface area contributed by atoms with Gasteiger partial charge in [0.1, 0.15) is 5.70 Å². The van der Waals surface area contributed by atoms with Crippen LogP contribution in [0.15, 0.2) is 54.2 Å². The molecule has 0 atom stereocenters. The van der Waals surface area contributed by atoms with Crippen LogP contribution < -0.4 is 14.4 Å². The number of imide groups is 1. The number of unbranched alkanes of at least 4 members (excludes halogenated alkanes) is 2. The molecule has 0 unspecified atom stereocenters. The quantitative estimate of drug-likeness (QED) is 0.417. The van der Waals surface area contributed by atoms with E-state index in [0.29, 0.717) is 41.4 Å². The van der Waals surface area contributed by atoms with Crippen LogP contribution in [-0.2, 0) is 9.59 Å². The Labute approximate surface area is 184 Å². The van der Waals surface area contributed by atoms with Gasteiger partial charge in [-0.15, -0.1) is 0 Å². The lowest BCUT2D eigenvalue weighted by molar-refractivity contribution is -0.137. The van der Waals surface area contributed by atoms with Gasteiger partial charge < -0.3 is 14.4 Å². The first-order valence-corrected chi connectivity index (χ1v) is 10.7. The van der Waals surface area contributed by atoms with Crippen LogP contribution >= 0.6 is 0 Å². The summed E-state index contributed by atoms with van der Waals surface area (Å²) in [6, 6.07) is 15.0. The normalized spacial score (nSPS) is 13.7. The van der Waals surface area contributed by atoms with Gasteiger partial charge in [0.2, 0.25) is 0 Å². The zero-order valence-electron chi connectivity index (χ0n) is 18.7. The summed E-state index contributed by atoms with van der Waals surface area (Å²) in [5.74, 6) is 0.564. The zero-order chi connectivity index (χ0) is 22.4. The number of ether oxygens (including phenoxy) is 2. The fourth-order valence-corrected chi connectivity index (χ4v) is 3.87. The Hall–Kier alpha value is -3.28. The van der Waals surface area contributed by atoms with Crippen molar-refractivity contribution >= 4 is 23.1 Å². The Kier molecular flexibility index (Phi) is 7.34. The summed E-state index contributed by atoms with van der Waals surface area (Å²) in [7, 11) is 3.12. The van der Waals surface area contributed by atoms with Gasteiger partial charge in [0.05, 0.1) is 19.8 Å². The molecule has 0 spiro atoms. The van der Waals surface area contributed by atoms with Gasteiger partial charge >= 0.3 is 0 Å². The van der Waals surface area contributed by atoms with E-state index in [2.05, 4.69) is 6.92 Å². The molecule has 6 nitrogen and oxygen atoms in total. The second kappa shape index (κ2) is 10.2. The molecule has 2 amide bonds. The van der Waals surface area contributed by atoms with Gasteiger partial charge in [-0.05, 0) is 43.2 Å². The summed E-state index contributed by atoms with van der Waals surface area (Å²) in [6.45, 7) is 5.04. The molecule has 3 rings (SSSR count). The first kappa shape index (κ1) is 22.4. The fraction of sp³-hybridized carbons (Fsp3) is 0.360. The Bertz CT molecular complexity index is 969. The molecule has 0 radical (unpaired) electrons. The van der Waals surface area contributed by atoms with Crippen molar-refractivity contribution in [3.8, 4) is 11.5 Å². The van der Waals surface area contributed by atoms with Crippen LogP contribution in [-0.4, -0.2) is 44.0 Å². The van der Waals surface area contributed by atoms with Crippen molar-refractivity contribution in [2.24, 2.45) is 0 Å². The lowest BCUT2D eigenvalue weighted by Crippen LogP contribution is -2.36. The van der Waals surface area contributed by atoms with Gasteiger partial charge in [-0.3, -0.25) is 14.5 Å². The highest BCUT2D eigenvalue weighted by atomic mass is 16.5. The maximum absolute atomic E-state index is 13.5. The number of carbonyl (C=O) groups excluding carboxylic acids is 2. The third kappa shape index (κ3) is 4.43. The SMILES string of the molecule is CCCCCN1C(=O)C(c2ccc(OC)c(OC)c2)=C(N(CC)c2ccccc2)C1=O. The number of hydrogen-bond donors (Lipinski definition) is 0. The van der Waals surface area contributed by atoms with Gasteiger partial charge in [0.25, 0.3) is 11.8 Å². The highest BCUT2D eigenvalue weighted by molar-refractivity contribution is 6.36. The standard InChI is InChI=1S/C25H30N2O4/c1-5-7-11-16-27-24(28)22(18-14-15-20(30-3)21(17-18)31-4)23(25(27)29)26(6-2)19-12-9-8-10-13-19/h8-10,12-15,17H,5-7,11,16H2,1-4H3. The van der Waals surface area contributed by atoms with Crippen LogP contribution in [0.25, 0.3) is 5.57 Å². The van der Waals surface area contributed by atoms with Gasteiger partial charge in [-0.2, -0.15) is 0 Å². The van der Waals surface area contributed by atoms with Crippen LogP contribution in [0.3, 0.4) is 0 Å². The molecule has 1 aliphatic heterocycles. The van der Waals surface area contributed by atoms with E-state index in [4.69, 9.17) is 9.47 Å². The number of nitrogens with zero attached hydrogens (tertiary/aromatic N) is 2. The number of carbonyl (C=O) groups is 2. The van der Waals surface area contributed by atoms with Crippen molar-refractivity contribution in [3.63, 3.8) is 0 Å². The molecule has 6 heteroatoms. The monoisotopic (exact) mass is 422 g/mol. The number of anilines is 1. The number of benzene rings is 2. The highest BCUT2D eigenvalue weighted by Gasteiger charge is 2.41. The molecule has 0 fully saturated rings. The van der Waals surface area contributed by atoms with Crippen molar-refractivity contribution in [2.45, 2.75) is 33.1 Å². The van der Waals surface area contributed by atoms with Gasteiger partial charge in [0.15, 0.2) is 11.5 Å². The summed E-state index contributed by atoms with van der Waals surface area (Å²) in [6.07, 6.45) is 2.77. The minimum Gasteiger partial charge on any atom is -0.493 e. The van der Waals surface area contributed by atoms with E-state index in [1.165, 1.54) is 4.90 Å². The van der Waals surface area contributed by atoms with E-state index in [9.17, 15) is 9.59 Å². The maximum atomic E-state index is 13.5. The van der Waals surface area contributed by atoms with Gasteiger partial charge in [0, 0.05) is 18.8 Å². The second-order valence-electron chi connectivity index (χ2n) is 7.34. The summed E-state index contributed by atoms with van der Waals surface area (Å²) in [5, 5.41) is 0. The lowest BCUT2D eigenvalue weighted by atomic mass is 10.0. The van der Waals surface area contributed by atoms with Crippen molar-refractivity contribution in [2.75, 3.05) is 32.2 Å². The highest BCUT2D eigenvalue weighted by Crippen LogP contribution is 2.37.